The van der Waals surface area contributed by atoms with Crippen LogP contribution in [0.1, 0.15) is 11.1 Å². The molecule has 4 aromatic rings. The van der Waals surface area contributed by atoms with Crippen LogP contribution in [-0.2, 0) is 13.0 Å². The molecule has 1 heterocycles. The largest absolute Gasteiger partial charge is 0.412 e. The van der Waals surface area contributed by atoms with Gasteiger partial charge in [0.2, 0.25) is 0 Å². The van der Waals surface area contributed by atoms with E-state index in [0.717, 1.165) is 23.6 Å². The van der Waals surface area contributed by atoms with E-state index in [1.165, 1.54) is 27.4 Å². The first kappa shape index (κ1) is 17.5. The summed E-state index contributed by atoms with van der Waals surface area (Å²) in [6.45, 7) is 1.44. The number of para-hydroxylation sites is 1. The van der Waals surface area contributed by atoms with E-state index in [-0.39, 0.29) is 5.48 Å². The number of halogens is 1. The molecule has 0 saturated carbocycles. The van der Waals surface area contributed by atoms with E-state index in [2.05, 4.69) is 65.2 Å². The summed E-state index contributed by atoms with van der Waals surface area (Å²) in [5.74, 6) is 0. The van der Waals surface area contributed by atoms with Crippen LogP contribution < -0.4 is 5.73 Å². The van der Waals surface area contributed by atoms with Gasteiger partial charge in [0.15, 0.2) is 0 Å². The SMILES string of the molecule is NCCc1c(Cl)ccc2c1c1ccccc1n2Cc1ccccc1.O. The fourth-order valence-corrected chi connectivity index (χ4v) is 3.76. The molecular formula is C21H21ClN2O. The van der Waals surface area contributed by atoms with Crippen LogP contribution in [0.25, 0.3) is 21.8 Å². The Morgan fingerprint density at radius 1 is 0.840 bits per heavy atom. The number of nitrogens with two attached hydrogens (primary N) is 1. The van der Waals surface area contributed by atoms with Crippen molar-refractivity contribution in [3.05, 3.63) is 82.9 Å². The summed E-state index contributed by atoms with van der Waals surface area (Å²) >= 11 is 6.49. The molecule has 0 bridgehead atoms. The number of aromatic nitrogens is 1. The van der Waals surface area contributed by atoms with Crippen LogP contribution in [0.15, 0.2) is 66.7 Å². The van der Waals surface area contributed by atoms with Gasteiger partial charge in [-0.1, -0.05) is 60.1 Å². The second-order valence-electron chi connectivity index (χ2n) is 6.05. The Balaban J connectivity index is 0.00000182. The van der Waals surface area contributed by atoms with Gasteiger partial charge in [0.25, 0.3) is 0 Å². The van der Waals surface area contributed by atoms with Gasteiger partial charge in [-0.15, -0.1) is 0 Å². The normalized spacial score (nSPS) is 11.0. The standard InChI is InChI=1S/C21H19ClN2.H2O/c22-18-10-11-20-21(16(18)12-13-23)17-8-4-5-9-19(17)24(20)14-15-6-2-1-3-7-15;/h1-11H,12-14,23H2;1H2. The topological polar surface area (TPSA) is 62.5 Å². The molecule has 0 unspecified atom stereocenters. The van der Waals surface area contributed by atoms with Gasteiger partial charge in [-0.25, -0.2) is 0 Å². The van der Waals surface area contributed by atoms with E-state index in [4.69, 9.17) is 17.3 Å². The van der Waals surface area contributed by atoms with Gasteiger partial charge >= 0.3 is 0 Å². The molecule has 3 aromatic carbocycles. The van der Waals surface area contributed by atoms with Crippen molar-refractivity contribution in [2.45, 2.75) is 13.0 Å². The summed E-state index contributed by atoms with van der Waals surface area (Å²) in [5.41, 5.74) is 10.7. The minimum atomic E-state index is 0. The molecule has 0 aliphatic carbocycles. The van der Waals surface area contributed by atoms with E-state index in [1.807, 2.05) is 6.07 Å². The average Bonchev–Trinajstić information content (AvgIpc) is 2.93. The third-order valence-corrected chi connectivity index (χ3v) is 4.92. The highest BCUT2D eigenvalue weighted by atomic mass is 35.5. The lowest BCUT2D eigenvalue weighted by molar-refractivity contribution is 0.824. The van der Waals surface area contributed by atoms with Crippen molar-refractivity contribution in [1.29, 1.82) is 0 Å². The Morgan fingerprint density at radius 3 is 2.32 bits per heavy atom. The zero-order valence-electron chi connectivity index (χ0n) is 13.9. The number of benzene rings is 3. The summed E-state index contributed by atoms with van der Waals surface area (Å²) in [6.07, 6.45) is 0.787. The van der Waals surface area contributed by atoms with E-state index in [0.29, 0.717) is 6.54 Å². The predicted molar refractivity (Wildman–Crippen MR) is 106 cm³/mol. The highest BCUT2D eigenvalue weighted by molar-refractivity contribution is 6.33. The van der Waals surface area contributed by atoms with Gasteiger partial charge in [-0.3, -0.25) is 0 Å². The molecule has 0 aliphatic heterocycles. The zero-order valence-corrected chi connectivity index (χ0v) is 14.6. The molecule has 0 spiro atoms. The highest BCUT2D eigenvalue weighted by Crippen LogP contribution is 2.35. The summed E-state index contributed by atoms with van der Waals surface area (Å²) in [4.78, 5) is 0. The Kier molecular flexibility index (Phi) is 5.09. The molecule has 0 aliphatic rings. The van der Waals surface area contributed by atoms with E-state index < -0.39 is 0 Å². The fourth-order valence-electron chi connectivity index (χ4n) is 3.51. The van der Waals surface area contributed by atoms with Crippen molar-refractivity contribution in [1.82, 2.24) is 4.57 Å². The molecule has 0 amide bonds. The first-order valence-electron chi connectivity index (χ1n) is 8.22. The van der Waals surface area contributed by atoms with Crippen molar-refractivity contribution < 1.29 is 5.48 Å². The molecular weight excluding hydrogens is 332 g/mol. The lowest BCUT2D eigenvalue weighted by Crippen LogP contribution is -2.04. The summed E-state index contributed by atoms with van der Waals surface area (Å²) in [7, 11) is 0. The van der Waals surface area contributed by atoms with Crippen LogP contribution in [0, 0.1) is 0 Å². The number of rotatable bonds is 4. The Bertz CT molecular complexity index is 1010. The molecule has 0 saturated heterocycles. The van der Waals surface area contributed by atoms with Gasteiger partial charge in [0.1, 0.15) is 0 Å². The molecule has 4 rings (SSSR count). The monoisotopic (exact) mass is 352 g/mol. The first-order valence-corrected chi connectivity index (χ1v) is 8.59. The summed E-state index contributed by atoms with van der Waals surface area (Å²) in [6, 6.07) is 23.2. The molecule has 0 fully saturated rings. The Hall–Kier alpha value is -2.33. The molecule has 3 nitrogen and oxygen atoms in total. The predicted octanol–water partition coefficient (Wildman–Crippen LogP) is 4.17. The van der Waals surface area contributed by atoms with Gasteiger partial charge in [-0.2, -0.15) is 0 Å². The maximum atomic E-state index is 6.49. The highest BCUT2D eigenvalue weighted by Gasteiger charge is 2.15. The first-order chi connectivity index (χ1) is 11.8. The fraction of sp³-hybridized carbons (Fsp3) is 0.143. The van der Waals surface area contributed by atoms with E-state index >= 15 is 0 Å². The Labute approximate surface area is 151 Å². The summed E-state index contributed by atoms with van der Waals surface area (Å²) < 4.78 is 2.37. The van der Waals surface area contributed by atoms with Gasteiger partial charge in [-0.05, 0) is 42.3 Å². The van der Waals surface area contributed by atoms with Gasteiger partial charge < -0.3 is 15.8 Å². The number of fused-ring (bicyclic) bond motifs is 3. The van der Waals surface area contributed by atoms with Crippen LogP contribution in [0.3, 0.4) is 0 Å². The average molecular weight is 353 g/mol. The number of hydrogen-bond donors (Lipinski definition) is 1. The van der Waals surface area contributed by atoms with Crippen LogP contribution in [0.4, 0.5) is 0 Å². The van der Waals surface area contributed by atoms with Crippen molar-refractivity contribution in [3.8, 4) is 0 Å². The minimum Gasteiger partial charge on any atom is -0.412 e. The van der Waals surface area contributed by atoms with E-state index in [9.17, 15) is 0 Å². The number of hydrogen-bond acceptors (Lipinski definition) is 1. The molecule has 4 heteroatoms. The van der Waals surface area contributed by atoms with Crippen molar-refractivity contribution >= 4 is 33.4 Å². The second-order valence-corrected chi connectivity index (χ2v) is 6.45. The van der Waals surface area contributed by atoms with Crippen molar-refractivity contribution in [2.75, 3.05) is 6.54 Å². The molecule has 0 radical (unpaired) electrons. The van der Waals surface area contributed by atoms with E-state index in [1.54, 1.807) is 0 Å². The molecule has 25 heavy (non-hydrogen) atoms. The van der Waals surface area contributed by atoms with Crippen molar-refractivity contribution in [3.63, 3.8) is 0 Å². The lowest BCUT2D eigenvalue weighted by Gasteiger charge is -2.09. The Morgan fingerprint density at radius 2 is 1.56 bits per heavy atom. The maximum Gasteiger partial charge on any atom is 0.0498 e. The van der Waals surface area contributed by atoms with Crippen LogP contribution >= 0.6 is 11.6 Å². The smallest absolute Gasteiger partial charge is 0.0498 e. The zero-order chi connectivity index (χ0) is 16.5. The maximum absolute atomic E-state index is 6.49. The van der Waals surface area contributed by atoms with Crippen LogP contribution in [0.2, 0.25) is 5.02 Å². The van der Waals surface area contributed by atoms with Gasteiger partial charge in [0, 0.05) is 33.4 Å². The molecule has 0 atom stereocenters. The lowest BCUT2D eigenvalue weighted by atomic mass is 10.0. The van der Waals surface area contributed by atoms with Gasteiger partial charge in [0.05, 0.1) is 0 Å². The molecule has 4 N–H and O–H groups in total. The quantitative estimate of drug-likeness (QED) is 0.588. The summed E-state index contributed by atoms with van der Waals surface area (Å²) in [5, 5.41) is 3.28. The third kappa shape index (κ3) is 3.02. The molecule has 128 valence electrons. The van der Waals surface area contributed by atoms with Crippen molar-refractivity contribution in [2.24, 2.45) is 5.73 Å². The second kappa shape index (κ2) is 7.28. The third-order valence-electron chi connectivity index (χ3n) is 4.57. The van der Waals surface area contributed by atoms with Crippen LogP contribution in [-0.4, -0.2) is 16.6 Å². The minimum absolute atomic E-state index is 0. The number of nitrogens with zero attached hydrogens (tertiary/aromatic N) is 1. The van der Waals surface area contributed by atoms with Crippen LogP contribution in [0.5, 0.6) is 0 Å². The molecule has 1 aromatic heterocycles.